The van der Waals surface area contributed by atoms with Crippen molar-refractivity contribution in [2.45, 2.75) is 25.7 Å². The lowest BCUT2D eigenvalue weighted by Crippen LogP contribution is -1.91. The highest BCUT2D eigenvalue weighted by Gasteiger charge is 2.16. The molecule has 1 aliphatic carbocycles. The fourth-order valence-corrected chi connectivity index (χ4v) is 2.19. The normalized spacial score (nSPS) is 14.1. The molecule has 0 aliphatic heterocycles. The Kier molecular flexibility index (Phi) is 2.53. The monoisotopic (exact) mass is 184 g/mol. The molecule has 2 rings (SSSR count). The van der Waals surface area contributed by atoms with E-state index in [1.54, 1.807) is 0 Å². The van der Waals surface area contributed by atoms with Gasteiger partial charge in [-0.05, 0) is 47.9 Å². The summed E-state index contributed by atoms with van der Waals surface area (Å²) in [5.74, 6) is 0. The van der Waals surface area contributed by atoms with Gasteiger partial charge in [0.25, 0.3) is 0 Å². The Morgan fingerprint density at radius 3 is 2.93 bits per heavy atom. The molecule has 0 aromatic heterocycles. The summed E-state index contributed by atoms with van der Waals surface area (Å²) in [6.07, 6.45) is 6.46. The quantitative estimate of drug-likeness (QED) is 0.627. The van der Waals surface area contributed by atoms with Gasteiger partial charge in [0.1, 0.15) is 0 Å². The summed E-state index contributed by atoms with van der Waals surface area (Å²) in [5.41, 5.74) is 5.69. The largest absolute Gasteiger partial charge is 0.103 e. The fourth-order valence-electron chi connectivity index (χ4n) is 2.19. The molecule has 0 saturated carbocycles. The minimum atomic E-state index is 1.06. The second-order valence-electron chi connectivity index (χ2n) is 3.88. The SMILES string of the molecule is C=CCCc1cccc2c1C(=C)CC2. The van der Waals surface area contributed by atoms with Gasteiger partial charge in [-0.15, -0.1) is 6.58 Å². The number of hydrogen-bond donors (Lipinski definition) is 0. The first-order chi connectivity index (χ1) is 6.83. The van der Waals surface area contributed by atoms with E-state index >= 15 is 0 Å². The molecule has 0 heteroatoms. The van der Waals surface area contributed by atoms with Gasteiger partial charge in [0, 0.05) is 0 Å². The number of hydrogen-bond acceptors (Lipinski definition) is 0. The van der Waals surface area contributed by atoms with Gasteiger partial charge in [0.2, 0.25) is 0 Å². The second kappa shape index (κ2) is 3.83. The maximum Gasteiger partial charge on any atom is -0.0166 e. The van der Waals surface area contributed by atoms with Crippen molar-refractivity contribution in [1.29, 1.82) is 0 Å². The van der Waals surface area contributed by atoms with Gasteiger partial charge in [-0.25, -0.2) is 0 Å². The molecule has 1 aromatic rings. The average molecular weight is 184 g/mol. The molecule has 72 valence electrons. The number of benzene rings is 1. The number of aryl methyl sites for hydroxylation is 2. The van der Waals surface area contributed by atoms with E-state index in [1.807, 2.05) is 6.08 Å². The van der Waals surface area contributed by atoms with Crippen LogP contribution in [0, 0.1) is 0 Å². The molecule has 0 heterocycles. The molecule has 0 unspecified atom stereocenters. The molecule has 0 fully saturated rings. The van der Waals surface area contributed by atoms with Gasteiger partial charge < -0.3 is 0 Å². The van der Waals surface area contributed by atoms with Crippen LogP contribution in [-0.2, 0) is 12.8 Å². The van der Waals surface area contributed by atoms with Crippen LogP contribution in [0.2, 0.25) is 0 Å². The Bertz CT molecular complexity index is 372. The van der Waals surface area contributed by atoms with E-state index in [4.69, 9.17) is 0 Å². The molecule has 0 atom stereocenters. The third-order valence-corrected chi connectivity index (χ3v) is 2.90. The van der Waals surface area contributed by atoms with E-state index in [-0.39, 0.29) is 0 Å². The highest BCUT2D eigenvalue weighted by atomic mass is 14.2. The van der Waals surface area contributed by atoms with Crippen molar-refractivity contribution < 1.29 is 0 Å². The van der Waals surface area contributed by atoms with Crippen molar-refractivity contribution in [3.05, 3.63) is 54.1 Å². The highest BCUT2D eigenvalue weighted by molar-refractivity contribution is 5.73. The number of rotatable bonds is 3. The van der Waals surface area contributed by atoms with Crippen LogP contribution < -0.4 is 0 Å². The third kappa shape index (κ3) is 1.52. The van der Waals surface area contributed by atoms with Gasteiger partial charge in [0.05, 0.1) is 0 Å². The number of allylic oxidation sites excluding steroid dienone is 2. The van der Waals surface area contributed by atoms with Gasteiger partial charge in [0.15, 0.2) is 0 Å². The predicted octanol–water partition coefficient (Wildman–Crippen LogP) is 3.76. The highest BCUT2D eigenvalue weighted by Crippen LogP contribution is 2.33. The molecule has 0 bridgehead atoms. The second-order valence-corrected chi connectivity index (χ2v) is 3.88. The fraction of sp³-hybridized carbons (Fsp3) is 0.286. The van der Waals surface area contributed by atoms with E-state index < -0.39 is 0 Å². The molecule has 1 aliphatic rings. The molecular weight excluding hydrogens is 168 g/mol. The van der Waals surface area contributed by atoms with Crippen LogP contribution in [0.25, 0.3) is 5.57 Å². The topological polar surface area (TPSA) is 0 Å². The van der Waals surface area contributed by atoms with Crippen LogP contribution in [-0.4, -0.2) is 0 Å². The van der Waals surface area contributed by atoms with E-state index in [9.17, 15) is 0 Å². The molecule has 0 spiro atoms. The maximum atomic E-state index is 4.14. The first-order valence-corrected chi connectivity index (χ1v) is 5.22. The van der Waals surface area contributed by atoms with E-state index in [0.717, 1.165) is 19.3 Å². The molecule has 0 nitrogen and oxygen atoms in total. The summed E-state index contributed by atoms with van der Waals surface area (Å²) < 4.78 is 0. The van der Waals surface area contributed by atoms with Gasteiger partial charge >= 0.3 is 0 Å². The Balaban J connectivity index is 2.36. The van der Waals surface area contributed by atoms with E-state index in [2.05, 4.69) is 31.4 Å². The third-order valence-electron chi connectivity index (χ3n) is 2.90. The molecular formula is C14H16. The zero-order chi connectivity index (χ0) is 9.97. The minimum Gasteiger partial charge on any atom is -0.103 e. The van der Waals surface area contributed by atoms with Crippen LogP contribution in [0.15, 0.2) is 37.4 Å². The van der Waals surface area contributed by atoms with Gasteiger partial charge in [-0.2, -0.15) is 0 Å². The summed E-state index contributed by atoms with van der Waals surface area (Å²) in [6.45, 7) is 7.90. The zero-order valence-electron chi connectivity index (χ0n) is 8.55. The van der Waals surface area contributed by atoms with Crippen LogP contribution >= 0.6 is 0 Å². The summed E-state index contributed by atoms with van der Waals surface area (Å²) in [6, 6.07) is 6.61. The summed E-state index contributed by atoms with van der Waals surface area (Å²) in [7, 11) is 0. The Hall–Kier alpha value is -1.30. The van der Waals surface area contributed by atoms with Crippen molar-refractivity contribution >= 4 is 5.57 Å². The predicted molar refractivity (Wildman–Crippen MR) is 62.3 cm³/mol. The molecule has 0 amide bonds. The standard InChI is InChI=1S/C14H16/c1-3-4-6-12-7-5-8-13-10-9-11(2)14(12)13/h3,5,7-8H,1-2,4,6,9-10H2. The van der Waals surface area contributed by atoms with Gasteiger partial charge in [-0.3, -0.25) is 0 Å². The lowest BCUT2D eigenvalue weighted by atomic mass is 9.98. The van der Waals surface area contributed by atoms with Crippen LogP contribution in [0.4, 0.5) is 0 Å². The summed E-state index contributed by atoms with van der Waals surface area (Å²) in [5, 5.41) is 0. The van der Waals surface area contributed by atoms with Crippen molar-refractivity contribution in [3.63, 3.8) is 0 Å². The smallest absolute Gasteiger partial charge is 0.0166 e. The van der Waals surface area contributed by atoms with Crippen molar-refractivity contribution in [2.24, 2.45) is 0 Å². The summed E-state index contributed by atoms with van der Waals surface area (Å²) in [4.78, 5) is 0. The Labute approximate surface area is 86.0 Å². The molecule has 1 aromatic carbocycles. The van der Waals surface area contributed by atoms with Crippen LogP contribution in [0.1, 0.15) is 29.5 Å². The maximum absolute atomic E-state index is 4.14. The van der Waals surface area contributed by atoms with Crippen molar-refractivity contribution in [2.75, 3.05) is 0 Å². The first-order valence-electron chi connectivity index (χ1n) is 5.22. The average Bonchev–Trinajstić information content (AvgIpc) is 2.58. The zero-order valence-corrected chi connectivity index (χ0v) is 8.55. The molecule has 14 heavy (non-hydrogen) atoms. The van der Waals surface area contributed by atoms with Crippen LogP contribution in [0.3, 0.4) is 0 Å². The number of fused-ring (bicyclic) bond motifs is 1. The summed E-state index contributed by atoms with van der Waals surface area (Å²) >= 11 is 0. The Morgan fingerprint density at radius 2 is 2.14 bits per heavy atom. The van der Waals surface area contributed by atoms with Crippen LogP contribution in [0.5, 0.6) is 0 Å². The van der Waals surface area contributed by atoms with E-state index in [1.165, 1.54) is 28.7 Å². The molecule has 0 saturated heterocycles. The van der Waals surface area contributed by atoms with E-state index in [0.29, 0.717) is 0 Å². The van der Waals surface area contributed by atoms with Crippen molar-refractivity contribution in [1.82, 2.24) is 0 Å². The molecule has 0 radical (unpaired) electrons. The van der Waals surface area contributed by atoms with Crippen molar-refractivity contribution in [3.8, 4) is 0 Å². The lowest BCUT2D eigenvalue weighted by molar-refractivity contribution is 0.996. The Morgan fingerprint density at radius 1 is 1.29 bits per heavy atom. The lowest BCUT2D eigenvalue weighted by Gasteiger charge is -2.07. The minimum absolute atomic E-state index is 1.06. The first kappa shape index (κ1) is 9.26. The van der Waals surface area contributed by atoms with Gasteiger partial charge in [-0.1, -0.05) is 30.9 Å². The molecule has 0 N–H and O–H groups in total.